The molecule has 0 spiro atoms. The third-order valence-corrected chi connectivity index (χ3v) is 5.35. The number of anilines is 1. The fourth-order valence-electron chi connectivity index (χ4n) is 2.22. The van der Waals surface area contributed by atoms with Crippen molar-refractivity contribution >= 4 is 39.3 Å². The predicted octanol–water partition coefficient (Wildman–Crippen LogP) is 4.63. The molecule has 0 saturated heterocycles. The molecule has 0 saturated carbocycles. The van der Waals surface area contributed by atoms with E-state index in [2.05, 4.69) is 27.3 Å². The van der Waals surface area contributed by atoms with Crippen molar-refractivity contribution in [1.82, 2.24) is 4.90 Å². The van der Waals surface area contributed by atoms with Crippen LogP contribution in [0.3, 0.4) is 0 Å². The van der Waals surface area contributed by atoms with Gasteiger partial charge in [0.1, 0.15) is 0 Å². The number of carbonyl (C=O) groups is 1. The normalized spacial score (nSPS) is 12.2. The van der Waals surface area contributed by atoms with Crippen molar-refractivity contribution < 1.29 is 4.79 Å². The highest BCUT2D eigenvalue weighted by Crippen LogP contribution is 2.25. The van der Waals surface area contributed by atoms with Gasteiger partial charge in [0.05, 0.1) is 11.7 Å². The summed E-state index contributed by atoms with van der Waals surface area (Å²) in [6, 6.07) is 15.7. The molecule has 1 unspecified atom stereocenters. The molecular weight excluding hydrogens is 372 g/mol. The van der Waals surface area contributed by atoms with Crippen LogP contribution in [0, 0.1) is 0 Å². The molecule has 0 bridgehead atoms. The van der Waals surface area contributed by atoms with E-state index in [1.807, 2.05) is 67.6 Å². The highest BCUT2D eigenvalue weighted by atomic mass is 79.9. The molecule has 0 fully saturated rings. The molecular formula is C18H21BrN2OS. The van der Waals surface area contributed by atoms with Crippen LogP contribution >= 0.6 is 27.7 Å². The molecule has 0 aliphatic heterocycles. The number of nitrogens with zero attached hydrogens (tertiary/aromatic N) is 1. The van der Waals surface area contributed by atoms with E-state index in [1.165, 1.54) is 5.56 Å². The lowest BCUT2D eigenvalue weighted by molar-refractivity contribution is -0.120. The van der Waals surface area contributed by atoms with E-state index in [4.69, 9.17) is 0 Å². The summed E-state index contributed by atoms with van der Waals surface area (Å²) >= 11 is 5.18. The van der Waals surface area contributed by atoms with Crippen LogP contribution in [0.2, 0.25) is 0 Å². The maximum absolute atomic E-state index is 12.5. The molecule has 1 amide bonds. The molecule has 2 rings (SSSR count). The summed E-state index contributed by atoms with van der Waals surface area (Å²) in [5.41, 5.74) is 2.03. The Morgan fingerprint density at radius 3 is 2.57 bits per heavy atom. The Bertz CT molecular complexity index is 678. The minimum atomic E-state index is -0.225. The van der Waals surface area contributed by atoms with Gasteiger partial charge in [-0.3, -0.25) is 9.69 Å². The fourth-order valence-corrected chi connectivity index (χ4v) is 3.18. The van der Waals surface area contributed by atoms with Crippen molar-refractivity contribution in [2.75, 3.05) is 18.6 Å². The minimum Gasteiger partial charge on any atom is -0.324 e. The SMILES string of the molecule is CSc1ccccc1NC(=O)C(C)N(C)Cc1ccccc1Br. The molecule has 3 nitrogen and oxygen atoms in total. The van der Waals surface area contributed by atoms with Gasteiger partial charge in [0, 0.05) is 15.9 Å². The summed E-state index contributed by atoms with van der Waals surface area (Å²) in [5.74, 6) is 0.000976. The Labute approximate surface area is 150 Å². The van der Waals surface area contributed by atoms with Crippen LogP contribution in [0.25, 0.3) is 0 Å². The lowest BCUT2D eigenvalue weighted by Gasteiger charge is -2.24. The van der Waals surface area contributed by atoms with Gasteiger partial charge in [-0.1, -0.05) is 46.3 Å². The molecule has 0 heterocycles. The number of carbonyl (C=O) groups excluding carboxylic acids is 1. The van der Waals surface area contributed by atoms with Crippen molar-refractivity contribution in [1.29, 1.82) is 0 Å². The topological polar surface area (TPSA) is 32.3 Å². The highest BCUT2D eigenvalue weighted by molar-refractivity contribution is 9.10. The van der Waals surface area contributed by atoms with E-state index in [1.54, 1.807) is 11.8 Å². The molecule has 2 aromatic rings. The number of rotatable bonds is 6. The van der Waals surface area contributed by atoms with E-state index in [9.17, 15) is 4.79 Å². The summed E-state index contributed by atoms with van der Waals surface area (Å²) in [5, 5.41) is 3.03. The number of hydrogen-bond donors (Lipinski definition) is 1. The van der Waals surface area contributed by atoms with Gasteiger partial charge in [-0.05, 0) is 44.0 Å². The van der Waals surface area contributed by atoms with Crippen LogP contribution in [0.4, 0.5) is 5.69 Å². The Morgan fingerprint density at radius 1 is 1.22 bits per heavy atom. The van der Waals surface area contributed by atoms with Gasteiger partial charge in [-0.2, -0.15) is 0 Å². The molecule has 0 aromatic heterocycles. The van der Waals surface area contributed by atoms with Gasteiger partial charge in [-0.15, -0.1) is 11.8 Å². The molecule has 0 radical (unpaired) electrons. The molecule has 0 aliphatic carbocycles. The number of nitrogens with one attached hydrogen (secondary N) is 1. The zero-order valence-corrected chi connectivity index (χ0v) is 15.9. The quantitative estimate of drug-likeness (QED) is 0.727. The maximum atomic E-state index is 12.5. The van der Waals surface area contributed by atoms with Crippen LogP contribution in [0.1, 0.15) is 12.5 Å². The smallest absolute Gasteiger partial charge is 0.241 e. The highest BCUT2D eigenvalue weighted by Gasteiger charge is 2.19. The summed E-state index contributed by atoms with van der Waals surface area (Å²) in [6.45, 7) is 2.63. The second-order valence-corrected chi connectivity index (χ2v) is 7.07. The van der Waals surface area contributed by atoms with Crippen LogP contribution in [-0.4, -0.2) is 30.2 Å². The van der Waals surface area contributed by atoms with Crippen LogP contribution < -0.4 is 5.32 Å². The lowest BCUT2D eigenvalue weighted by atomic mass is 10.2. The Hall–Kier alpha value is -1.30. The average molecular weight is 393 g/mol. The van der Waals surface area contributed by atoms with Gasteiger partial charge in [0.2, 0.25) is 5.91 Å². The first-order valence-electron chi connectivity index (χ1n) is 7.40. The first kappa shape index (κ1) is 18.0. The van der Waals surface area contributed by atoms with E-state index < -0.39 is 0 Å². The molecule has 0 aliphatic rings. The largest absolute Gasteiger partial charge is 0.324 e. The number of halogens is 1. The van der Waals surface area contributed by atoms with Crippen molar-refractivity contribution in [3.8, 4) is 0 Å². The van der Waals surface area contributed by atoms with Crippen molar-refractivity contribution in [3.05, 3.63) is 58.6 Å². The molecule has 5 heteroatoms. The first-order valence-corrected chi connectivity index (χ1v) is 9.42. The number of likely N-dealkylation sites (N-methyl/N-ethyl adjacent to an activating group) is 1. The number of amides is 1. The van der Waals surface area contributed by atoms with Gasteiger partial charge in [-0.25, -0.2) is 0 Å². The number of hydrogen-bond acceptors (Lipinski definition) is 3. The second kappa shape index (κ2) is 8.52. The zero-order valence-electron chi connectivity index (χ0n) is 13.5. The minimum absolute atomic E-state index is 0.000976. The number of benzene rings is 2. The summed E-state index contributed by atoms with van der Waals surface area (Å²) in [6.07, 6.45) is 2.01. The summed E-state index contributed by atoms with van der Waals surface area (Å²) in [4.78, 5) is 15.6. The van der Waals surface area contributed by atoms with Gasteiger partial charge < -0.3 is 5.32 Å². The Kier molecular flexibility index (Phi) is 6.69. The van der Waals surface area contributed by atoms with E-state index >= 15 is 0 Å². The van der Waals surface area contributed by atoms with Crippen molar-refractivity contribution in [2.24, 2.45) is 0 Å². The van der Waals surface area contributed by atoms with E-state index in [0.29, 0.717) is 6.54 Å². The third kappa shape index (κ3) is 4.83. The standard InChI is InChI=1S/C18H21BrN2OS/c1-13(21(2)12-14-8-4-5-9-15(14)19)18(22)20-16-10-6-7-11-17(16)23-3/h4-11,13H,12H2,1-3H3,(H,20,22). The molecule has 1 atom stereocenters. The van der Waals surface area contributed by atoms with Crippen LogP contribution in [0.15, 0.2) is 57.9 Å². The molecule has 1 N–H and O–H groups in total. The molecule has 2 aromatic carbocycles. The van der Waals surface area contributed by atoms with Crippen molar-refractivity contribution in [2.45, 2.75) is 24.4 Å². The van der Waals surface area contributed by atoms with Gasteiger partial charge >= 0.3 is 0 Å². The zero-order chi connectivity index (χ0) is 16.8. The maximum Gasteiger partial charge on any atom is 0.241 e. The first-order chi connectivity index (χ1) is 11.0. The molecule has 122 valence electrons. The third-order valence-electron chi connectivity index (χ3n) is 3.78. The fraction of sp³-hybridized carbons (Fsp3) is 0.278. The van der Waals surface area contributed by atoms with Gasteiger partial charge in [0.15, 0.2) is 0 Å². The monoisotopic (exact) mass is 392 g/mol. The number of para-hydroxylation sites is 1. The van der Waals surface area contributed by atoms with Crippen LogP contribution in [-0.2, 0) is 11.3 Å². The predicted molar refractivity (Wildman–Crippen MR) is 102 cm³/mol. The van der Waals surface area contributed by atoms with E-state index in [0.717, 1.165) is 15.1 Å². The molecule has 23 heavy (non-hydrogen) atoms. The number of thioether (sulfide) groups is 1. The Morgan fingerprint density at radius 2 is 1.87 bits per heavy atom. The van der Waals surface area contributed by atoms with Crippen molar-refractivity contribution in [3.63, 3.8) is 0 Å². The Balaban J connectivity index is 2.03. The van der Waals surface area contributed by atoms with Gasteiger partial charge in [0.25, 0.3) is 0 Å². The summed E-state index contributed by atoms with van der Waals surface area (Å²) < 4.78 is 1.06. The second-order valence-electron chi connectivity index (χ2n) is 5.37. The van der Waals surface area contributed by atoms with E-state index in [-0.39, 0.29) is 11.9 Å². The summed E-state index contributed by atoms with van der Waals surface area (Å²) in [7, 11) is 1.96. The lowest BCUT2D eigenvalue weighted by Crippen LogP contribution is -2.39. The average Bonchev–Trinajstić information content (AvgIpc) is 2.56. The van der Waals surface area contributed by atoms with Crippen LogP contribution in [0.5, 0.6) is 0 Å².